The monoisotopic (exact) mass is 140 g/mol. The van der Waals surface area contributed by atoms with Crippen LogP contribution in [0.1, 0.15) is 27.2 Å². The lowest BCUT2D eigenvalue weighted by atomic mass is 9.97. The van der Waals surface area contributed by atoms with Crippen LogP contribution < -0.4 is 0 Å². The molecule has 0 N–H and O–H groups in total. The molecule has 0 radical (unpaired) electrons. The molecule has 0 aliphatic carbocycles. The molecule has 1 heteroatoms. The lowest BCUT2D eigenvalue weighted by molar-refractivity contribution is -0.111. The lowest BCUT2D eigenvalue weighted by Crippen LogP contribution is -2.05. The Hall–Kier alpha value is -0.590. The van der Waals surface area contributed by atoms with Gasteiger partial charge in [0.25, 0.3) is 0 Å². The van der Waals surface area contributed by atoms with Crippen molar-refractivity contribution in [3.8, 4) is 0 Å². The molecule has 0 rings (SSSR count). The highest BCUT2D eigenvalue weighted by molar-refractivity contribution is 5.53. The van der Waals surface area contributed by atoms with Crippen LogP contribution in [0.3, 0.4) is 0 Å². The van der Waals surface area contributed by atoms with Crippen LogP contribution in [0.4, 0.5) is 0 Å². The Morgan fingerprint density at radius 2 is 1.90 bits per heavy atom. The zero-order valence-electron chi connectivity index (χ0n) is 7.00. The molecule has 0 fully saturated rings. The molecule has 0 bridgehead atoms. The van der Waals surface area contributed by atoms with Crippen molar-refractivity contribution in [1.82, 2.24) is 0 Å². The molecule has 0 spiro atoms. The Morgan fingerprint density at radius 1 is 1.30 bits per heavy atom. The third-order valence-electron chi connectivity index (χ3n) is 1.72. The summed E-state index contributed by atoms with van der Waals surface area (Å²) in [6.07, 6.45) is 6.25. The fourth-order valence-electron chi connectivity index (χ4n) is 0.650. The van der Waals surface area contributed by atoms with Crippen molar-refractivity contribution in [3.63, 3.8) is 0 Å². The largest absolute Gasteiger partial charge is 0.303 e. The molecular weight excluding hydrogens is 124 g/mol. The summed E-state index contributed by atoms with van der Waals surface area (Å²) >= 11 is 0. The fraction of sp³-hybridized carbons (Fsp3) is 0.667. The molecule has 2 unspecified atom stereocenters. The second-order valence-electron chi connectivity index (χ2n) is 2.69. The Labute approximate surface area is 63.1 Å². The van der Waals surface area contributed by atoms with E-state index in [4.69, 9.17) is 0 Å². The number of allylic oxidation sites excluding steroid dienone is 2. The minimum atomic E-state index is 0.155. The third-order valence-corrected chi connectivity index (χ3v) is 1.72. The number of carbonyl (C=O) groups excluding carboxylic acids is 1. The minimum absolute atomic E-state index is 0.155. The number of hydrogen-bond acceptors (Lipinski definition) is 1. The van der Waals surface area contributed by atoms with Gasteiger partial charge in [-0.3, -0.25) is 0 Å². The van der Waals surface area contributed by atoms with Gasteiger partial charge in [0, 0.05) is 5.92 Å². The number of hydrogen-bond donors (Lipinski definition) is 0. The lowest BCUT2D eigenvalue weighted by Gasteiger charge is -2.07. The van der Waals surface area contributed by atoms with Gasteiger partial charge in [-0.1, -0.05) is 32.9 Å². The summed E-state index contributed by atoms with van der Waals surface area (Å²) in [6.45, 7) is 6.09. The topological polar surface area (TPSA) is 17.1 Å². The average Bonchev–Trinajstić information content (AvgIpc) is 1.98. The number of carbonyl (C=O) groups is 1. The molecule has 0 saturated carbocycles. The van der Waals surface area contributed by atoms with Gasteiger partial charge in [0.1, 0.15) is 6.29 Å². The van der Waals surface area contributed by atoms with E-state index < -0.39 is 0 Å². The van der Waals surface area contributed by atoms with E-state index >= 15 is 0 Å². The molecule has 10 heavy (non-hydrogen) atoms. The zero-order chi connectivity index (χ0) is 7.98. The maximum absolute atomic E-state index is 10.3. The van der Waals surface area contributed by atoms with Gasteiger partial charge in [-0.05, 0) is 12.3 Å². The first kappa shape index (κ1) is 9.41. The summed E-state index contributed by atoms with van der Waals surface area (Å²) < 4.78 is 0. The summed E-state index contributed by atoms with van der Waals surface area (Å²) in [7, 11) is 0. The van der Waals surface area contributed by atoms with E-state index in [9.17, 15) is 4.79 Å². The van der Waals surface area contributed by atoms with Crippen LogP contribution in [0.25, 0.3) is 0 Å². The second-order valence-corrected chi connectivity index (χ2v) is 2.69. The van der Waals surface area contributed by atoms with Crippen LogP contribution in [-0.4, -0.2) is 6.29 Å². The first-order chi connectivity index (χ1) is 4.72. The highest BCUT2D eigenvalue weighted by Crippen LogP contribution is 2.09. The minimum Gasteiger partial charge on any atom is -0.303 e. The van der Waals surface area contributed by atoms with Crippen LogP contribution in [0, 0.1) is 11.8 Å². The van der Waals surface area contributed by atoms with Crippen molar-refractivity contribution in [2.75, 3.05) is 0 Å². The Kier molecular flexibility index (Phi) is 4.91. The van der Waals surface area contributed by atoms with Crippen molar-refractivity contribution in [3.05, 3.63) is 12.2 Å². The molecule has 58 valence electrons. The predicted molar refractivity (Wildman–Crippen MR) is 43.8 cm³/mol. The Balaban J connectivity index is 3.70. The molecular formula is C9H16O. The van der Waals surface area contributed by atoms with E-state index in [-0.39, 0.29) is 5.92 Å². The van der Waals surface area contributed by atoms with Gasteiger partial charge in [-0.15, -0.1) is 0 Å². The SMILES string of the molecule is CC/C=C\C(C)C(C)C=O. The molecule has 0 amide bonds. The number of rotatable bonds is 4. The highest BCUT2D eigenvalue weighted by atomic mass is 16.1. The van der Waals surface area contributed by atoms with Crippen LogP contribution in [0.15, 0.2) is 12.2 Å². The van der Waals surface area contributed by atoms with Gasteiger partial charge in [0.2, 0.25) is 0 Å². The van der Waals surface area contributed by atoms with Crippen molar-refractivity contribution >= 4 is 6.29 Å². The Morgan fingerprint density at radius 3 is 2.30 bits per heavy atom. The molecule has 0 saturated heterocycles. The van der Waals surface area contributed by atoms with Crippen molar-refractivity contribution in [1.29, 1.82) is 0 Å². The highest BCUT2D eigenvalue weighted by Gasteiger charge is 2.05. The zero-order valence-corrected chi connectivity index (χ0v) is 7.00. The average molecular weight is 140 g/mol. The van der Waals surface area contributed by atoms with Crippen LogP contribution in [0.2, 0.25) is 0 Å². The fourth-order valence-corrected chi connectivity index (χ4v) is 0.650. The molecule has 1 nitrogen and oxygen atoms in total. The van der Waals surface area contributed by atoms with E-state index in [1.807, 2.05) is 6.92 Å². The normalized spacial score (nSPS) is 17.1. The molecule has 0 aliphatic rings. The maximum atomic E-state index is 10.3. The molecule has 0 aromatic rings. The van der Waals surface area contributed by atoms with Gasteiger partial charge in [-0.25, -0.2) is 0 Å². The first-order valence-electron chi connectivity index (χ1n) is 3.84. The standard InChI is InChI=1S/C9H16O/c1-4-5-6-8(2)9(3)7-10/h5-9H,4H2,1-3H3/b6-5-. The molecule has 2 atom stereocenters. The van der Waals surface area contributed by atoms with E-state index in [0.29, 0.717) is 5.92 Å². The summed E-state index contributed by atoms with van der Waals surface area (Å²) in [4.78, 5) is 10.3. The van der Waals surface area contributed by atoms with Crippen LogP contribution in [0.5, 0.6) is 0 Å². The molecule has 0 aliphatic heterocycles. The molecule has 0 heterocycles. The van der Waals surface area contributed by atoms with Gasteiger partial charge in [0.05, 0.1) is 0 Å². The van der Waals surface area contributed by atoms with Gasteiger partial charge in [0.15, 0.2) is 0 Å². The van der Waals surface area contributed by atoms with Crippen LogP contribution in [-0.2, 0) is 4.79 Å². The van der Waals surface area contributed by atoms with Gasteiger partial charge >= 0.3 is 0 Å². The number of aldehydes is 1. The summed E-state index contributed by atoms with van der Waals surface area (Å²) in [5.41, 5.74) is 0. The first-order valence-corrected chi connectivity index (χ1v) is 3.84. The van der Waals surface area contributed by atoms with E-state index in [0.717, 1.165) is 12.7 Å². The second kappa shape index (κ2) is 5.21. The molecule has 0 aromatic carbocycles. The van der Waals surface area contributed by atoms with Crippen LogP contribution >= 0.6 is 0 Å². The third kappa shape index (κ3) is 3.44. The van der Waals surface area contributed by atoms with Crippen molar-refractivity contribution in [2.24, 2.45) is 11.8 Å². The summed E-state index contributed by atoms with van der Waals surface area (Å²) in [5, 5.41) is 0. The van der Waals surface area contributed by atoms with Gasteiger partial charge < -0.3 is 4.79 Å². The molecule has 0 aromatic heterocycles. The summed E-state index contributed by atoms with van der Waals surface area (Å²) in [5.74, 6) is 0.542. The van der Waals surface area contributed by atoms with E-state index in [1.165, 1.54) is 0 Å². The van der Waals surface area contributed by atoms with Crippen molar-refractivity contribution in [2.45, 2.75) is 27.2 Å². The van der Waals surface area contributed by atoms with Gasteiger partial charge in [-0.2, -0.15) is 0 Å². The summed E-state index contributed by atoms with van der Waals surface area (Å²) in [6, 6.07) is 0. The van der Waals surface area contributed by atoms with E-state index in [2.05, 4.69) is 26.0 Å². The predicted octanol–water partition coefficient (Wildman–Crippen LogP) is 2.42. The maximum Gasteiger partial charge on any atom is 0.123 e. The quantitative estimate of drug-likeness (QED) is 0.433. The Bertz CT molecular complexity index is 116. The van der Waals surface area contributed by atoms with Crippen molar-refractivity contribution < 1.29 is 4.79 Å². The smallest absolute Gasteiger partial charge is 0.123 e. The van der Waals surface area contributed by atoms with E-state index in [1.54, 1.807) is 0 Å².